The highest BCUT2D eigenvalue weighted by Crippen LogP contribution is 2.20. The second kappa shape index (κ2) is 11.5. The lowest BCUT2D eigenvalue weighted by atomic mass is 10.1. The van der Waals surface area contributed by atoms with Crippen LogP contribution in [-0.2, 0) is 16.1 Å². The number of amides is 2. The van der Waals surface area contributed by atoms with Gasteiger partial charge in [0.2, 0.25) is 0 Å². The van der Waals surface area contributed by atoms with Crippen molar-refractivity contribution in [1.82, 2.24) is 15.2 Å². The van der Waals surface area contributed by atoms with Gasteiger partial charge in [0.1, 0.15) is 6.04 Å². The number of urea groups is 1. The number of hydrogen-bond acceptors (Lipinski definition) is 5. The van der Waals surface area contributed by atoms with Gasteiger partial charge in [-0.1, -0.05) is 70.2 Å². The van der Waals surface area contributed by atoms with Crippen LogP contribution in [-0.4, -0.2) is 41.6 Å². The fourth-order valence-corrected chi connectivity index (χ4v) is 3.63. The zero-order valence-electron chi connectivity index (χ0n) is 18.3. The van der Waals surface area contributed by atoms with Crippen molar-refractivity contribution in [3.63, 3.8) is 0 Å². The number of aromatic nitrogens is 1. The molecule has 6 nitrogen and oxygen atoms in total. The molecule has 1 aromatic carbocycles. The monoisotopic (exact) mass is 429 g/mol. The molecule has 2 aromatic rings. The Bertz CT molecular complexity index is 846. The second-order valence-corrected chi connectivity index (χ2v) is 8.61. The van der Waals surface area contributed by atoms with Gasteiger partial charge in [-0.2, -0.15) is 0 Å². The summed E-state index contributed by atoms with van der Waals surface area (Å²) in [5, 5.41) is 5.84. The highest BCUT2D eigenvalue weighted by molar-refractivity contribution is 7.09. The van der Waals surface area contributed by atoms with Crippen LogP contribution in [0.15, 0.2) is 41.8 Å². The number of carbonyl (C=O) groups excluding carboxylic acids is 2. The van der Waals surface area contributed by atoms with Gasteiger partial charge in [0.15, 0.2) is 0 Å². The number of ether oxygens (including phenoxy) is 1. The van der Waals surface area contributed by atoms with E-state index in [4.69, 9.17) is 4.74 Å². The molecular formula is C23H31N3O3S. The quantitative estimate of drug-likeness (QED) is 0.587. The van der Waals surface area contributed by atoms with Gasteiger partial charge in [-0.15, -0.1) is 11.3 Å². The van der Waals surface area contributed by atoms with E-state index in [1.165, 1.54) is 7.11 Å². The lowest BCUT2D eigenvalue weighted by Gasteiger charge is -2.26. The minimum absolute atomic E-state index is 0.0880. The third-order valence-electron chi connectivity index (χ3n) is 4.54. The molecule has 0 aliphatic rings. The Morgan fingerprint density at radius 2 is 1.90 bits per heavy atom. The van der Waals surface area contributed by atoms with E-state index >= 15 is 0 Å². The smallest absolute Gasteiger partial charge is 0.328 e. The molecule has 0 bridgehead atoms. The second-order valence-electron chi connectivity index (χ2n) is 7.72. The van der Waals surface area contributed by atoms with E-state index in [-0.39, 0.29) is 11.9 Å². The van der Waals surface area contributed by atoms with Crippen LogP contribution in [0, 0.1) is 5.92 Å². The molecule has 1 N–H and O–H groups in total. The van der Waals surface area contributed by atoms with E-state index in [0.717, 1.165) is 16.3 Å². The molecule has 0 fully saturated rings. The van der Waals surface area contributed by atoms with Gasteiger partial charge in [0.25, 0.3) is 0 Å². The summed E-state index contributed by atoms with van der Waals surface area (Å²) in [7, 11) is 1.33. The summed E-state index contributed by atoms with van der Waals surface area (Å²) in [6.45, 7) is 8.69. The molecular weight excluding hydrogens is 398 g/mol. The fourth-order valence-electron chi connectivity index (χ4n) is 2.80. The summed E-state index contributed by atoms with van der Waals surface area (Å²) < 4.78 is 4.84. The molecule has 2 rings (SSSR count). The lowest BCUT2D eigenvalue weighted by Crippen LogP contribution is -2.50. The van der Waals surface area contributed by atoms with Gasteiger partial charge in [0.05, 0.1) is 24.4 Å². The number of hydrogen-bond donors (Lipinski definition) is 1. The maximum absolute atomic E-state index is 13.0. The van der Waals surface area contributed by atoms with Crippen molar-refractivity contribution in [3.05, 3.63) is 58.1 Å². The van der Waals surface area contributed by atoms with Crippen LogP contribution < -0.4 is 5.32 Å². The van der Waals surface area contributed by atoms with Crippen LogP contribution in [0.5, 0.6) is 0 Å². The van der Waals surface area contributed by atoms with Crippen molar-refractivity contribution in [2.24, 2.45) is 5.92 Å². The van der Waals surface area contributed by atoms with Gasteiger partial charge >= 0.3 is 12.0 Å². The van der Waals surface area contributed by atoms with E-state index in [9.17, 15) is 9.59 Å². The van der Waals surface area contributed by atoms with Crippen LogP contribution in [0.1, 0.15) is 49.9 Å². The predicted molar refractivity (Wildman–Crippen MR) is 121 cm³/mol. The first-order valence-corrected chi connectivity index (χ1v) is 11.0. The Labute approximate surface area is 183 Å². The van der Waals surface area contributed by atoms with E-state index < -0.39 is 12.0 Å². The topological polar surface area (TPSA) is 71.5 Å². The average Bonchev–Trinajstić information content (AvgIpc) is 3.20. The summed E-state index contributed by atoms with van der Waals surface area (Å²) >= 11 is 1.60. The number of esters is 1. The molecule has 0 radical (unpaired) electrons. The van der Waals surface area contributed by atoms with Crippen molar-refractivity contribution in [2.75, 3.05) is 13.7 Å². The minimum atomic E-state index is -0.704. The summed E-state index contributed by atoms with van der Waals surface area (Å²) in [6, 6.07) is 8.88. The number of rotatable bonds is 9. The van der Waals surface area contributed by atoms with Gasteiger partial charge < -0.3 is 15.0 Å². The Hall–Kier alpha value is -2.67. The number of carbonyl (C=O) groups is 2. The molecule has 2 amide bonds. The van der Waals surface area contributed by atoms with E-state index in [1.54, 1.807) is 16.2 Å². The minimum Gasteiger partial charge on any atom is -0.467 e. The molecule has 1 atom stereocenters. The first kappa shape index (κ1) is 23.6. The molecule has 7 heteroatoms. The predicted octanol–water partition coefficient (Wildman–Crippen LogP) is 4.69. The first-order valence-electron chi connectivity index (χ1n) is 10.1. The number of thiazole rings is 1. The largest absolute Gasteiger partial charge is 0.467 e. The molecule has 0 aliphatic carbocycles. The lowest BCUT2D eigenvalue weighted by molar-refractivity contribution is -0.144. The van der Waals surface area contributed by atoms with E-state index in [2.05, 4.69) is 24.1 Å². The average molecular weight is 430 g/mol. The Balaban J connectivity index is 2.16. The van der Waals surface area contributed by atoms with Crippen molar-refractivity contribution < 1.29 is 14.3 Å². The number of methoxy groups -OCH3 is 1. The fraction of sp³-hybridized carbons (Fsp3) is 0.435. The number of benzene rings is 1. The summed E-state index contributed by atoms with van der Waals surface area (Å²) in [4.78, 5) is 31.4. The van der Waals surface area contributed by atoms with Crippen molar-refractivity contribution in [2.45, 2.75) is 46.2 Å². The van der Waals surface area contributed by atoms with Crippen LogP contribution in [0.25, 0.3) is 6.08 Å². The SMILES string of the molecule is COC(=O)[C@@H](NC(=O)N(C/C=C/c1ccccc1)Cc1csc(C(C)C)n1)C(C)C. The maximum atomic E-state index is 13.0. The van der Waals surface area contributed by atoms with Gasteiger partial charge in [-0.25, -0.2) is 14.6 Å². The number of nitrogens with one attached hydrogen (secondary N) is 1. The van der Waals surface area contributed by atoms with Gasteiger partial charge in [0, 0.05) is 17.8 Å². The van der Waals surface area contributed by atoms with Crippen molar-refractivity contribution >= 4 is 29.4 Å². The van der Waals surface area contributed by atoms with Crippen LogP contribution >= 0.6 is 11.3 Å². The van der Waals surface area contributed by atoms with Gasteiger partial charge in [-0.05, 0) is 11.5 Å². The zero-order chi connectivity index (χ0) is 22.1. The Morgan fingerprint density at radius 3 is 2.47 bits per heavy atom. The van der Waals surface area contributed by atoms with Crippen LogP contribution in [0.3, 0.4) is 0 Å². The van der Waals surface area contributed by atoms with E-state index in [0.29, 0.717) is 19.0 Å². The zero-order valence-corrected chi connectivity index (χ0v) is 19.1. The summed E-state index contributed by atoms with van der Waals surface area (Å²) in [6.07, 6.45) is 3.91. The molecule has 0 spiro atoms. The highest BCUT2D eigenvalue weighted by atomic mass is 32.1. The summed E-state index contributed by atoms with van der Waals surface area (Å²) in [5.41, 5.74) is 1.90. The molecule has 0 saturated heterocycles. The third-order valence-corrected chi connectivity index (χ3v) is 5.73. The van der Waals surface area contributed by atoms with Crippen molar-refractivity contribution in [3.8, 4) is 0 Å². The first-order chi connectivity index (χ1) is 14.3. The Kier molecular flexibility index (Phi) is 9.05. The molecule has 0 unspecified atom stereocenters. The molecule has 1 heterocycles. The summed E-state index contributed by atoms with van der Waals surface area (Å²) in [5.74, 6) is -0.197. The molecule has 1 aromatic heterocycles. The van der Waals surface area contributed by atoms with Gasteiger partial charge in [-0.3, -0.25) is 0 Å². The number of nitrogens with zero attached hydrogens (tertiary/aromatic N) is 2. The van der Waals surface area contributed by atoms with Crippen LogP contribution in [0.4, 0.5) is 4.79 Å². The normalized spacial score (nSPS) is 12.4. The van der Waals surface area contributed by atoms with Crippen molar-refractivity contribution in [1.29, 1.82) is 0 Å². The third kappa shape index (κ3) is 6.99. The standard InChI is InChI=1S/C23H31N3O3S/c1-16(2)20(22(27)29-5)25-23(28)26(13-9-12-18-10-7-6-8-11-18)14-19-15-30-21(24-19)17(3)4/h6-12,15-17,20H,13-14H2,1-5H3,(H,25,28)/b12-9+/t20-/m0/s1. The molecule has 30 heavy (non-hydrogen) atoms. The maximum Gasteiger partial charge on any atom is 0.328 e. The molecule has 0 saturated carbocycles. The van der Waals surface area contributed by atoms with Crippen LogP contribution in [0.2, 0.25) is 0 Å². The molecule has 162 valence electrons. The van der Waals surface area contributed by atoms with E-state index in [1.807, 2.05) is 61.7 Å². The molecule has 0 aliphatic heterocycles. The highest BCUT2D eigenvalue weighted by Gasteiger charge is 2.27. The Morgan fingerprint density at radius 1 is 1.20 bits per heavy atom.